The van der Waals surface area contributed by atoms with Crippen molar-refractivity contribution in [2.75, 3.05) is 10.2 Å². The quantitative estimate of drug-likeness (QED) is 0.180. The molecule has 5 aromatic rings. The van der Waals surface area contributed by atoms with Crippen LogP contribution in [-0.4, -0.2) is 26.4 Å². The molecule has 0 spiro atoms. The zero-order valence-electron chi connectivity index (χ0n) is 23.1. The van der Waals surface area contributed by atoms with E-state index in [9.17, 15) is 10.1 Å². The van der Waals surface area contributed by atoms with Gasteiger partial charge in [-0.05, 0) is 60.9 Å². The maximum absolute atomic E-state index is 11.8. The number of hydrogen-bond donors (Lipinski definition) is 1. The van der Waals surface area contributed by atoms with Gasteiger partial charge in [-0.2, -0.15) is 5.10 Å². The molecule has 0 saturated heterocycles. The highest BCUT2D eigenvalue weighted by Gasteiger charge is 2.41. The topological polar surface area (TPSA) is 101 Å². The molecule has 2 aliphatic rings. The third kappa shape index (κ3) is 4.23. The lowest BCUT2D eigenvalue weighted by Crippen LogP contribution is -2.46. The van der Waals surface area contributed by atoms with Crippen molar-refractivity contribution in [3.63, 3.8) is 0 Å². The molecule has 0 aliphatic carbocycles. The number of aromatic nitrogens is 2. The molecule has 206 valence electrons. The Balaban J connectivity index is 1.48. The number of amidine groups is 2. The minimum absolute atomic E-state index is 0.0274. The zero-order valence-corrected chi connectivity index (χ0v) is 23.1. The van der Waals surface area contributed by atoms with Crippen LogP contribution in [0.2, 0.25) is 0 Å². The maximum Gasteiger partial charge on any atom is 0.269 e. The summed E-state index contributed by atoms with van der Waals surface area (Å²) in [5.41, 5.74) is 7.09. The summed E-state index contributed by atoms with van der Waals surface area (Å²) < 4.78 is 1.84. The molecule has 0 saturated carbocycles. The van der Waals surface area contributed by atoms with Crippen molar-refractivity contribution in [3.05, 3.63) is 136 Å². The van der Waals surface area contributed by atoms with E-state index >= 15 is 0 Å². The van der Waals surface area contributed by atoms with E-state index in [4.69, 9.17) is 15.1 Å². The first-order valence-corrected chi connectivity index (χ1v) is 13.8. The van der Waals surface area contributed by atoms with Crippen LogP contribution in [0.25, 0.3) is 5.69 Å². The van der Waals surface area contributed by atoms with Gasteiger partial charge in [0.25, 0.3) is 5.69 Å². The molecule has 4 aromatic carbocycles. The van der Waals surface area contributed by atoms with E-state index in [1.165, 1.54) is 11.6 Å². The van der Waals surface area contributed by atoms with Crippen LogP contribution in [-0.2, 0) is 6.42 Å². The van der Waals surface area contributed by atoms with Crippen molar-refractivity contribution < 1.29 is 4.92 Å². The summed E-state index contributed by atoms with van der Waals surface area (Å²) in [5, 5.41) is 20.3. The minimum Gasteiger partial charge on any atom is -0.337 e. The van der Waals surface area contributed by atoms with Gasteiger partial charge in [0, 0.05) is 23.4 Å². The number of nitrogens with one attached hydrogen (secondary N) is 1. The lowest BCUT2D eigenvalue weighted by molar-refractivity contribution is -0.384. The Bertz CT molecular complexity index is 1890. The number of aliphatic imine (C=N–C) groups is 2. The molecule has 9 heteroatoms. The van der Waals surface area contributed by atoms with Crippen LogP contribution < -0.4 is 10.2 Å². The SMILES string of the molecule is CCc1ccc(NC2=Nc3ccccc3N3C2=Nc2c(c(C)nn2-c2ccccc2)[C@H]3c2cccc([N+](=O)[O-])c2)cc1. The van der Waals surface area contributed by atoms with Gasteiger partial charge < -0.3 is 10.2 Å². The predicted molar refractivity (Wildman–Crippen MR) is 166 cm³/mol. The second kappa shape index (κ2) is 10.1. The first kappa shape index (κ1) is 25.4. The number of benzene rings is 4. The maximum atomic E-state index is 11.8. The highest BCUT2D eigenvalue weighted by atomic mass is 16.6. The average Bonchev–Trinajstić information content (AvgIpc) is 3.36. The van der Waals surface area contributed by atoms with E-state index < -0.39 is 6.04 Å². The van der Waals surface area contributed by atoms with E-state index in [2.05, 4.69) is 29.3 Å². The van der Waals surface area contributed by atoms with Crippen LogP contribution in [0.3, 0.4) is 0 Å². The number of aryl methyl sites for hydroxylation is 2. The van der Waals surface area contributed by atoms with E-state index in [0.717, 1.165) is 46.0 Å². The summed E-state index contributed by atoms with van der Waals surface area (Å²) in [6, 6.07) is 32.4. The van der Waals surface area contributed by atoms with Gasteiger partial charge >= 0.3 is 0 Å². The Morgan fingerprint density at radius 2 is 1.67 bits per heavy atom. The molecule has 42 heavy (non-hydrogen) atoms. The Hall–Kier alpha value is -5.57. The summed E-state index contributed by atoms with van der Waals surface area (Å²) in [4.78, 5) is 23.8. The lowest BCUT2D eigenvalue weighted by Gasteiger charge is -2.40. The molecule has 2 aliphatic heterocycles. The number of non-ortho nitro benzene ring substituents is 1. The summed E-state index contributed by atoms with van der Waals surface area (Å²) in [7, 11) is 0. The second-order valence-corrected chi connectivity index (χ2v) is 10.3. The van der Waals surface area contributed by atoms with Gasteiger partial charge in [0.15, 0.2) is 17.5 Å². The standard InChI is InChI=1S/C33H27N7O2/c1-3-22-16-18-24(19-17-22)34-31-33-36-32-29(21(2)37-39(32)25-11-5-4-6-12-25)30(23-10-9-13-26(20-23)40(41)42)38(33)28-15-8-7-14-27(28)35-31/h4-20,30H,3H2,1-2H3,(H,34,35)/t30-/m1/s1. The molecule has 0 radical (unpaired) electrons. The third-order valence-electron chi connectivity index (χ3n) is 7.66. The number of fused-ring (bicyclic) bond motifs is 4. The summed E-state index contributed by atoms with van der Waals surface area (Å²) >= 11 is 0. The molecule has 0 fully saturated rings. The molecule has 0 bridgehead atoms. The van der Waals surface area contributed by atoms with Crippen LogP contribution in [0.5, 0.6) is 0 Å². The number of nitro benzene ring substituents is 1. The van der Waals surface area contributed by atoms with Gasteiger partial charge in [-0.3, -0.25) is 10.1 Å². The normalized spacial score (nSPS) is 15.2. The van der Waals surface area contributed by atoms with Crippen LogP contribution >= 0.6 is 0 Å². The Morgan fingerprint density at radius 3 is 2.43 bits per heavy atom. The van der Waals surface area contributed by atoms with Gasteiger partial charge in [0.05, 0.1) is 33.7 Å². The third-order valence-corrected chi connectivity index (χ3v) is 7.66. The fraction of sp³-hybridized carbons (Fsp3) is 0.121. The van der Waals surface area contributed by atoms with Crippen molar-refractivity contribution in [1.82, 2.24) is 9.78 Å². The highest BCUT2D eigenvalue weighted by molar-refractivity contribution is 6.51. The number of hydrogen-bond acceptors (Lipinski definition) is 7. The fourth-order valence-electron chi connectivity index (χ4n) is 5.63. The molecule has 1 atom stereocenters. The fourth-order valence-corrected chi connectivity index (χ4v) is 5.63. The van der Waals surface area contributed by atoms with Crippen molar-refractivity contribution >= 4 is 40.2 Å². The Kier molecular flexibility index (Phi) is 6.12. The van der Waals surface area contributed by atoms with Gasteiger partial charge in [-0.15, -0.1) is 0 Å². The number of para-hydroxylation sites is 3. The van der Waals surface area contributed by atoms with Crippen LogP contribution in [0, 0.1) is 17.0 Å². The monoisotopic (exact) mass is 553 g/mol. The number of rotatable bonds is 5. The van der Waals surface area contributed by atoms with Gasteiger partial charge in [-0.25, -0.2) is 14.7 Å². The number of nitro groups is 1. The first-order valence-electron chi connectivity index (χ1n) is 13.8. The number of anilines is 2. The number of nitrogens with zero attached hydrogens (tertiary/aromatic N) is 6. The van der Waals surface area contributed by atoms with Crippen molar-refractivity contribution in [2.45, 2.75) is 26.3 Å². The van der Waals surface area contributed by atoms with Crippen molar-refractivity contribution in [1.29, 1.82) is 0 Å². The molecule has 9 nitrogen and oxygen atoms in total. The highest BCUT2D eigenvalue weighted by Crippen LogP contribution is 2.48. The summed E-state index contributed by atoms with van der Waals surface area (Å²) in [6.45, 7) is 4.09. The second-order valence-electron chi connectivity index (χ2n) is 10.3. The van der Waals surface area contributed by atoms with Gasteiger partial charge in [0.2, 0.25) is 0 Å². The smallest absolute Gasteiger partial charge is 0.269 e. The lowest BCUT2D eigenvalue weighted by atomic mass is 9.93. The molecule has 1 N–H and O–H groups in total. The molecule has 0 amide bonds. The zero-order chi connectivity index (χ0) is 28.8. The molecular formula is C33H27N7O2. The van der Waals surface area contributed by atoms with E-state index in [1.54, 1.807) is 12.1 Å². The van der Waals surface area contributed by atoms with Gasteiger partial charge in [-0.1, -0.05) is 61.5 Å². The Morgan fingerprint density at radius 1 is 0.905 bits per heavy atom. The molecule has 3 heterocycles. The molecular weight excluding hydrogens is 526 g/mol. The van der Waals surface area contributed by atoms with E-state index in [-0.39, 0.29) is 10.6 Å². The summed E-state index contributed by atoms with van der Waals surface area (Å²) in [6.07, 6.45) is 0.950. The minimum atomic E-state index is -0.444. The predicted octanol–water partition coefficient (Wildman–Crippen LogP) is 7.45. The molecule has 1 aromatic heterocycles. The van der Waals surface area contributed by atoms with Crippen molar-refractivity contribution in [3.8, 4) is 5.69 Å². The average molecular weight is 554 g/mol. The van der Waals surface area contributed by atoms with E-state index in [1.807, 2.05) is 84.4 Å². The first-order chi connectivity index (χ1) is 20.5. The molecule has 7 rings (SSSR count). The van der Waals surface area contributed by atoms with E-state index in [0.29, 0.717) is 17.5 Å². The Labute approximate surface area is 242 Å². The van der Waals surface area contributed by atoms with Crippen LogP contribution in [0.15, 0.2) is 113 Å². The molecule has 0 unspecified atom stereocenters. The van der Waals surface area contributed by atoms with Crippen molar-refractivity contribution in [2.24, 2.45) is 9.98 Å². The largest absolute Gasteiger partial charge is 0.337 e. The summed E-state index contributed by atoms with van der Waals surface area (Å²) in [5.74, 6) is 1.85. The van der Waals surface area contributed by atoms with Crippen LogP contribution in [0.4, 0.5) is 28.6 Å². The van der Waals surface area contributed by atoms with Crippen LogP contribution in [0.1, 0.15) is 35.3 Å². The van der Waals surface area contributed by atoms with Gasteiger partial charge in [0.1, 0.15) is 0 Å².